The maximum absolute atomic E-state index is 10.9. The molecule has 1 fully saturated rings. The summed E-state index contributed by atoms with van der Waals surface area (Å²) in [5.74, 6) is 1.24. The van der Waals surface area contributed by atoms with Crippen LogP contribution in [0.1, 0.15) is 44.2 Å². The summed E-state index contributed by atoms with van der Waals surface area (Å²) in [5.41, 5.74) is 1.75. The van der Waals surface area contributed by atoms with Crippen LogP contribution in [0, 0.1) is 18.8 Å². The molecule has 1 nitrogen and oxygen atoms in total. The molecule has 1 aromatic rings. The Morgan fingerprint density at radius 3 is 2.25 bits per heavy atom. The van der Waals surface area contributed by atoms with E-state index in [9.17, 15) is 5.11 Å². The lowest BCUT2D eigenvalue weighted by Crippen LogP contribution is -2.35. The van der Waals surface area contributed by atoms with Crippen molar-refractivity contribution >= 4 is 0 Å². The third-order valence-electron chi connectivity index (χ3n) is 3.82. The smallest absolute Gasteiger partial charge is 0.0904 e. The van der Waals surface area contributed by atoms with Gasteiger partial charge in [-0.05, 0) is 49.1 Å². The average molecular weight is 218 g/mol. The van der Waals surface area contributed by atoms with Crippen LogP contribution in [0.3, 0.4) is 0 Å². The molecule has 1 aromatic carbocycles. The van der Waals surface area contributed by atoms with Crippen molar-refractivity contribution in [1.29, 1.82) is 0 Å². The summed E-state index contributed by atoms with van der Waals surface area (Å²) in [6.45, 7) is 6.59. The van der Waals surface area contributed by atoms with Gasteiger partial charge in [0.05, 0.1) is 5.60 Å². The normalized spacial score (nSPS) is 35.0. The highest BCUT2D eigenvalue weighted by molar-refractivity contribution is 5.31. The van der Waals surface area contributed by atoms with Crippen molar-refractivity contribution in [1.82, 2.24) is 0 Å². The van der Waals surface area contributed by atoms with Crippen LogP contribution in [0.15, 0.2) is 24.3 Å². The fourth-order valence-electron chi connectivity index (χ4n) is 3.40. The minimum atomic E-state index is -0.595. The molecule has 1 aliphatic rings. The van der Waals surface area contributed by atoms with E-state index in [1.807, 2.05) is 12.1 Å². The van der Waals surface area contributed by atoms with E-state index in [-0.39, 0.29) is 0 Å². The average Bonchev–Trinajstić information content (AvgIpc) is 2.15. The summed E-state index contributed by atoms with van der Waals surface area (Å²) >= 11 is 0. The standard InChI is InChI=1S/C15H22O/c1-11-8-12(2)10-15(16,9-11)14-7-5-4-6-13(14)3/h4-7,11-12,16H,8-10H2,1-3H3. The molecular formula is C15H22O. The molecule has 2 unspecified atom stereocenters. The van der Waals surface area contributed by atoms with E-state index in [1.165, 1.54) is 12.0 Å². The van der Waals surface area contributed by atoms with Crippen molar-refractivity contribution < 1.29 is 5.11 Å². The topological polar surface area (TPSA) is 20.2 Å². The number of aliphatic hydroxyl groups is 1. The van der Waals surface area contributed by atoms with E-state index in [0.717, 1.165) is 18.4 Å². The molecule has 0 aromatic heterocycles. The Bertz CT molecular complexity index is 359. The molecular weight excluding hydrogens is 196 g/mol. The molecule has 1 aliphatic carbocycles. The van der Waals surface area contributed by atoms with E-state index in [2.05, 4.69) is 32.9 Å². The molecule has 0 heterocycles. The highest BCUT2D eigenvalue weighted by atomic mass is 16.3. The molecule has 0 spiro atoms. The van der Waals surface area contributed by atoms with Gasteiger partial charge in [-0.3, -0.25) is 0 Å². The Labute approximate surface area is 98.5 Å². The van der Waals surface area contributed by atoms with Crippen molar-refractivity contribution in [2.24, 2.45) is 11.8 Å². The van der Waals surface area contributed by atoms with Crippen molar-refractivity contribution in [2.75, 3.05) is 0 Å². The van der Waals surface area contributed by atoms with Crippen LogP contribution in [0.2, 0.25) is 0 Å². The van der Waals surface area contributed by atoms with E-state index in [4.69, 9.17) is 0 Å². The molecule has 0 aliphatic heterocycles. The Morgan fingerprint density at radius 2 is 1.69 bits per heavy atom. The van der Waals surface area contributed by atoms with Gasteiger partial charge < -0.3 is 5.11 Å². The van der Waals surface area contributed by atoms with E-state index in [1.54, 1.807) is 0 Å². The number of aryl methyl sites for hydroxylation is 1. The van der Waals surface area contributed by atoms with Crippen molar-refractivity contribution in [2.45, 2.75) is 45.6 Å². The molecule has 0 amide bonds. The summed E-state index contributed by atoms with van der Waals surface area (Å²) in [6, 6.07) is 8.25. The zero-order valence-corrected chi connectivity index (χ0v) is 10.5. The molecule has 16 heavy (non-hydrogen) atoms. The van der Waals surface area contributed by atoms with Gasteiger partial charge in [-0.2, -0.15) is 0 Å². The maximum atomic E-state index is 10.9. The van der Waals surface area contributed by atoms with Gasteiger partial charge in [0.25, 0.3) is 0 Å². The largest absolute Gasteiger partial charge is 0.385 e. The van der Waals surface area contributed by atoms with Crippen molar-refractivity contribution in [3.05, 3.63) is 35.4 Å². The molecule has 2 rings (SSSR count). The van der Waals surface area contributed by atoms with E-state index >= 15 is 0 Å². The highest BCUT2D eigenvalue weighted by Crippen LogP contribution is 2.43. The lowest BCUT2D eigenvalue weighted by molar-refractivity contribution is -0.0367. The number of hydrogen-bond donors (Lipinski definition) is 1. The first-order chi connectivity index (χ1) is 7.51. The van der Waals surface area contributed by atoms with Crippen molar-refractivity contribution in [3.8, 4) is 0 Å². The fraction of sp³-hybridized carbons (Fsp3) is 0.600. The summed E-state index contributed by atoms with van der Waals surface area (Å²) in [4.78, 5) is 0. The van der Waals surface area contributed by atoms with Crippen LogP contribution in [-0.4, -0.2) is 5.11 Å². The van der Waals surface area contributed by atoms with Crippen LogP contribution in [0.25, 0.3) is 0 Å². The second kappa shape index (κ2) is 4.21. The second-order valence-corrected chi connectivity index (χ2v) is 5.70. The minimum Gasteiger partial charge on any atom is -0.385 e. The SMILES string of the molecule is Cc1ccccc1C1(O)CC(C)CC(C)C1. The lowest BCUT2D eigenvalue weighted by Gasteiger charge is -2.40. The first-order valence-electron chi connectivity index (χ1n) is 6.30. The maximum Gasteiger partial charge on any atom is 0.0904 e. The van der Waals surface area contributed by atoms with Gasteiger partial charge in [-0.15, -0.1) is 0 Å². The Morgan fingerprint density at radius 1 is 1.12 bits per heavy atom. The van der Waals surface area contributed by atoms with Gasteiger partial charge >= 0.3 is 0 Å². The van der Waals surface area contributed by atoms with Crippen LogP contribution < -0.4 is 0 Å². The van der Waals surface area contributed by atoms with Gasteiger partial charge in [0.2, 0.25) is 0 Å². The quantitative estimate of drug-likeness (QED) is 0.763. The Balaban J connectivity index is 2.34. The van der Waals surface area contributed by atoms with Crippen LogP contribution in [0.5, 0.6) is 0 Å². The van der Waals surface area contributed by atoms with Crippen LogP contribution in [-0.2, 0) is 5.60 Å². The second-order valence-electron chi connectivity index (χ2n) is 5.70. The molecule has 88 valence electrons. The number of hydrogen-bond acceptors (Lipinski definition) is 1. The zero-order valence-electron chi connectivity index (χ0n) is 10.5. The number of rotatable bonds is 1. The molecule has 2 atom stereocenters. The first-order valence-corrected chi connectivity index (χ1v) is 6.30. The van der Waals surface area contributed by atoms with Gasteiger partial charge in [0.1, 0.15) is 0 Å². The molecule has 0 saturated heterocycles. The van der Waals surface area contributed by atoms with Gasteiger partial charge in [-0.25, -0.2) is 0 Å². The van der Waals surface area contributed by atoms with Gasteiger partial charge in [0.15, 0.2) is 0 Å². The summed E-state index contributed by atoms with van der Waals surface area (Å²) in [7, 11) is 0. The minimum absolute atomic E-state index is 0.595. The van der Waals surface area contributed by atoms with Crippen molar-refractivity contribution in [3.63, 3.8) is 0 Å². The summed E-state index contributed by atoms with van der Waals surface area (Å²) < 4.78 is 0. The Hall–Kier alpha value is -0.820. The first kappa shape index (κ1) is 11.7. The van der Waals surface area contributed by atoms with Crippen LogP contribution >= 0.6 is 0 Å². The monoisotopic (exact) mass is 218 g/mol. The van der Waals surface area contributed by atoms with Gasteiger partial charge in [-0.1, -0.05) is 38.1 Å². The predicted molar refractivity (Wildman–Crippen MR) is 67.3 cm³/mol. The summed E-state index contributed by atoms with van der Waals surface area (Å²) in [5, 5.41) is 10.9. The fourth-order valence-corrected chi connectivity index (χ4v) is 3.40. The molecule has 1 heteroatoms. The zero-order chi connectivity index (χ0) is 11.8. The highest BCUT2D eigenvalue weighted by Gasteiger charge is 2.38. The lowest BCUT2D eigenvalue weighted by atomic mass is 9.70. The van der Waals surface area contributed by atoms with Crippen LogP contribution in [0.4, 0.5) is 0 Å². The third-order valence-corrected chi connectivity index (χ3v) is 3.82. The molecule has 0 radical (unpaired) electrons. The predicted octanol–water partition coefficient (Wildman–Crippen LogP) is 3.64. The third kappa shape index (κ3) is 2.15. The molecule has 1 saturated carbocycles. The van der Waals surface area contributed by atoms with E-state index < -0.39 is 5.60 Å². The van der Waals surface area contributed by atoms with Gasteiger partial charge in [0, 0.05) is 0 Å². The number of benzene rings is 1. The van der Waals surface area contributed by atoms with E-state index in [0.29, 0.717) is 11.8 Å². The molecule has 1 N–H and O–H groups in total. The Kier molecular flexibility index (Phi) is 3.07. The summed E-state index contributed by atoms with van der Waals surface area (Å²) in [6.07, 6.45) is 3.05. The molecule has 0 bridgehead atoms.